The van der Waals surface area contributed by atoms with Gasteiger partial charge in [0.25, 0.3) is 0 Å². The summed E-state index contributed by atoms with van der Waals surface area (Å²) < 4.78 is 1.09. The topological polar surface area (TPSA) is 43.8 Å². The molecule has 1 aliphatic rings. The lowest BCUT2D eigenvalue weighted by Gasteiger charge is -2.35. The number of hydrogen-bond donors (Lipinski definition) is 1. The smallest absolute Gasteiger partial charge is 0.304 e. The summed E-state index contributed by atoms with van der Waals surface area (Å²) in [7, 11) is 0. The molecule has 1 aromatic carbocycles. The molecule has 0 bridgehead atoms. The third kappa shape index (κ3) is 3.71. The summed E-state index contributed by atoms with van der Waals surface area (Å²) in [4.78, 5) is 15.1. The van der Waals surface area contributed by atoms with Gasteiger partial charge < -0.3 is 10.0 Å². The quantitative estimate of drug-likeness (QED) is 0.924. The van der Waals surface area contributed by atoms with Crippen LogP contribution in [0.5, 0.6) is 0 Å². The van der Waals surface area contributed by atoms with Crippen LogP contribution in [-0.4, -0.2) is 48.7 Å². The predicted octanol–water partition coefficient (Wildman–Crippen LogP) is 2.05. The molecule has 1 fully saturated rings. The lowest BCUT2D eigenvalue weighted by molar-refractivity contribution is -0.137. The van der Waals surface area contributed by atoms with Gasteiger partial charge in [0.2, 0.25) is 0 Å². The molecule has 1 saturated heterocycles. The minimum atomic E-state index is -0.717. The van der Waals surface area contributed by atoms with Crippen LogP contribution in [0.3, 0.4) is 0 Å². The zero-order chi connectivity index (χ0) is 13.0. The molecular formula is C13H17BrN2O2. The maximum Gasteiger partial charge on any atom is 0.304 e. The molecule has 5 heteroatoms. The fraction of sp³-hybridized carbons (Fsp3) is 0.462. The van der Waals surface area contributed by atoms with E-state index in [0.29, 0.717) is 6.54 Å². The molecule has 1 aliphatic heterocycles. The normalized spacial score (nSPS) is 16.8. The average molecular weight is 313 g/mol. The third-order valence-electron chi connectivity index (χ3n) is 3.21. The maximum absolute atomic E-state index is 10.5. The molecule has 4 nitrogen and oxygen atoms in total. The molecular weight excluding hydrogens is 296 g/mol. The number of hydrogen-bond acceptors (Lipinski definition) is 3. The van der Waals surface area contributed by atoms with Crippen LogP contribution in [0.4, 0.5) is 5.69 Å². The molecule has 0 spiro atoms. The summed E-state index contributed by atoms with van der Waals surface area (Å²) in [5, 5.41) is 8.66. The Morgan fingerprint density at radius 2 is 1.78 bits per heavy atom. The minimum absolute atomic E-state index is 0.234. The van der Waals surface area contributed by atoms with E-state index in [0.717, 1.165) is 30.7 Å². The number of carbonyl (C=O) groups is 1. The highest BCUT2D eigenvalue weighted by Crippen LogP contribution is 2.19. The van der Waals surface area contributed by atoms with Crippen LogP contribution in [-0.2, 0) is 4.79 Å². The van der Waals surface area contributed by atoms with Crippen molar-refractivity contribution in [2.75, 3.05) is 37.6 Å². The largest absolute Gasteiger partial charge is 0.481 e. The molecule has 0 aliphatic carbocycles. The van der Waals surface area contributed by atoms with Crippen LogP contribution in [0.1, 0.15) is 6.42 Å². The average Bonchev–Trinajstić information content (AvgIpc) is 2.38. The van der Waals surface area contributed by atoms with E-state index in [1.54, 1.807) is 0 Å². The molecule has 98 valence electrons. The monoisotopic (exact) mass is 312 g/mol. The zero-order valence-electron chi connectivity index (χ0n) is 10.2. The summed E-state index contributed by atoms with van der Waals surface area (Å²) in [6.45, 7) is 4.44. The van der Waals surface area contributed by atoms with Crippen LogP contribution in [0.15, 0.2) is 28.7 Å². The number of halogens is 1. The standard InChI is InChI=1S/C13H17BrN2O2/c14-11-1-3-12(4-2-11)16-9-7-15(8-10-16)6-5-13(17)18/h1-4H,5-10H2,(H,17,18). The lowest BCUT2D eigenvalue weighted by atomic mass is 10.2. The summed E-state index contributed by atoms with van der Waals surface area (Å²) in [5.41, 5.74) is 1.23. The number of nitrogens with zero attached hydrogens (tertiary/aromatic N) is 2. The summed E-state index contributed by atoms with van der Waals surface area (Å²) in [6.07, 6.45) is 0.234. The van der Waals surface area contributed by atoms with Gasteiger partial charge in [-0.15, -0.1) is 0 Å². The molecule has 0 saturated carbocycles. The van der Waals surface area contributed by atoms with Gasteiger partial charge in [0.1, 0.15) is 0 Å². The molecule has 0 amide bonds. The van der Waals surface area contributed by atoms with Crippen molar-refractivity contribution < 1.29 is 9.90 Å². The third-order valence-corrected chi connectivity index (χ3v) is 3.73. The van der Waals surface area contributed by atoms with E-state index in [1.807, 2.05) is 12.1 Å². The second-order valence-corrected chi connectivity index (χ2v) is 5.36. The van der Waals surface area contributed by atoms with Gasteiger partial charge in [-0.25, -0.2) is 0 Å². The Morgan fingerprint density at radius 3 is 2.33 bits per heavy atom. The number of rotatable bonds is 4. The van der Waals surface area contributed by atoms with E-state index in [1.165, 1.54) is 5.69 Å². The van der Waals surface area contributed by atoms with E-state index >= 15 is 0 Å². The number of benzene rings is 1. The van der Waals surface area contributed by atoms with Gasteiger partial charge in [-0.1, -0.05) is 15.9 Å². The summed E-state index contributed by atoms with van der Waals surface area (Å²) in [5.74, 6) is -0.717. The van der Waals surface area contributed by atoms with E-state index in [4.69, 9.17) is 5.11 Å². The number of piperazine rings is 1. The van der Waals surface area contributed by atoms with E-state index in [-0.39, 0.29) is 6.42 Å². The highest BCUT2D eigenvalue weighted by Gasteiger charge is 2.17. The van der Waals surface area contributed by atoms with Gasteiger partial charge in [0.15, 0.2) is 0 Å². The van der Waals surface area contributed by atoms with Crippen LogP contribution < -0.4 is 4.90 Å². The SMILES string of the molecule is O=C(O)CCN1CCN(c2ccc(Br)cc2)CC1. The van der Waals surface area contributed by atoms with Crippen LogP contribution in [0.2, 0.25) is 0 Å². The first-order valence-corrected chi connectivity index (χ1v) is 6.89. The predicted molar refractivity (Wildman–Crippen MR) is 75.0 cm³/mol. The fourth-order valence-corrected chi connectivity index (χ4v) is 2.40. The minimum Gasteiger partial charge on any atom is -0.481 e. The highest BCUT2D eigenvalue weighted by atomic mass is 79.9. The van der Waals surface area contributed by atoms with Gasteiger partial charge in [-0.3, -0.25) is 9.69 Å². The molecule has 0 atom stereocenters. The van der Waals surface area contributed by atoms with Gasteiger partial charge in [0, 0.05) is 42.9 Å². The van der Waals surface area contributed by atoms with Crippen molar-refractivity contribution in [3.63, 3.8) is 0 Å². The number of aliphatic carboxylic acids is 1. The molecule has 1 N–H and O–H groups in total. The molecule has 18 heavy (non-hydrogen) atoms. The Balaban J connectivity index is 1.83. The van der Waals surface area contributed by atoms with Gasteiger partial charge in [-0.2, -0.15) is 0 Å². The number of carboxylic acid groups (broad SMARTS) is 1. The van der Waals surface area contributed by atoms with E-state index < -0.39 is 5.97 Å². The summed E-state index contributed by atoms with van der Waals surface area (Å²) in [6, 6.07) is 8.31. The Labute approximate surface area is 115 Å². The van der Waals surface area contributed by atoms with Crippen molar-refractivity contribution >= 4 is 27.6 Å². The van der Waals surface area contributed by atoms with Gasteiger partial charge in [0.05, 0.1) is 6.42 Å². The number of anilines is 1. The zero-order valence-corrected chi connectivity index (χ0v) is 11.8. The van der Waals surface area contributed by atoms with Crippen molar-refractivity contribution in [3.8, 4) is 0 Å². The van der Waals surface area contributed by atoms with Crippen molar-refractivity contribution in [2.24, 2.45) is 0 Å². The molecule has 2 rings (SSSR count). The Morgan fingerprint density at radius 1 is 1.17 bits per heavy atom. The number of carboxylic acids is 1. The first-order valence-electron chi connectivity index (χ1n) is 6.10. The molecule has 0 unspecified atom stereocenters. The van der Waals surface area contributed by atoms with Gasteiger partial charge >= 0.3 is 5.97 Å². The van der Waals surface area contributed by atoms with Crippen molar-refractivity contribution in [2.45, 2.75) is 6.42 Å². The van der Waals surface area contributed by atoms with Crippen molar-refractivity contribution in [1.29, 1.82) is 0 Å². The van der Waals surface area contributed by atoms with Crippen LogP contribution in [0.25, 0.3) is 0 Å². The van der Waals surface area contributed by atoms with Crippen molar-refractivity contribution in [3.05, 3.63) is 28.7 Å². The second-order valence-electron chi connectivity index (χ2n) is 4.45. The first-order chi connectivity index (χ1) is 8.65. The molecule has 1 aromatic rings. The van der Waals surface area contributed by atoms with Crippen LogP contribution >= 0.6 is 15.9 Å². The Kier molecular flexibility index (Phi) is 4.60. The van der Waals surface area contributed by atoms with Gasteiger partial charge in [-0.05, 0) is 24.3 Å². The van der Waals surface area contributed by atoms with E-state index in [9.17, 15) is 4.79 Å². The summed E-state index contributed by atoms with van der Waals surface area (Å²) >= 11 is 3.43. The molecule has 0 radical (unpaired) electrons. The van der Waals surface area contributed by atoms with E-state index in [2.05, 4.69) is 37.9 Å². The highest BCUT2D eigenvalue weighted by molar-refractivity contribution is 9.10. The Hall–Kier alpha value is -1.07. The molecule has 0 aromatic heterocycles. The fourth-order valence-electron chi connectivity index (χ4n) is 2.14. The van der Waals surface area contributed by atoms with Crippen LogP contribution in [0, 0.1) is 0 Å². The lowest BCUT2D eigenvalue weighted by Crippen LogP contribution is -2.46. The first kappa shape index (κ1) is 13.4. The second kappa shape index (κ2) is 6.20. The Bertz CT molecular complexity index is 400. The molecule has 1 heterocycles. The van der Waals surface area contributed by atoms with Crippen molar-refractivity contribution in [1.82, 2.24) is 4.90 Å². The maximum atomic E-state index is 10.5.